The highest BCUT2D eigenvalue weighted by Gasteiger charge is 2.17. The first-order valence-electron chi connectivity index (χ1n) is 2.74. The summed E-state index contributed by atoms with van der Waals surface area (Å²) in [6.07, 6.45) is 3.36. The van der Waals surface area contributed by atoms with E-state index in [1.165, 1.54) is 0 Å². The van der Waals surface area contributed by atoms with Crippen molar-refractivity contribution in [2.24, 2.45) is 0 Å². The fourth-order valence-electron chi connectivity index (χ4n) is 0.803. The maximum atomic E-state index is 5.05. The third-order valence-corrected chi connectivity index (χ3v) is 1.25. The summed E-state index contributed by atoms with van der Waals surface area (Å²) in [5.74, 6) is 1.61. The lowest BCUT2D eigenvalue weighted by atomic mass is 10.4. The zero-order valence-corrected chi connectivity index (χ0v) is 4.79. The van der Waals surface area contributed by atoms with Crippen molar-refractivity contribution in [1.82, 2.24) is 0 Å². The van der Waals surface area contributed by atoms with Crippen LogP contribution in [0.4, 0.5) is 0 Å². The molecule has 2 aliphatic heterocycles. The minimum Gasteiger partial charge on any atom is -0.493 e. The number of ether oxygens (including phenoxy) is 3. The van der Waals surface area contributed by atoms with Crippen LogP contribution in [0.25, 0.3) is 0 Å². The molecule has 0 saturated heterocycles. The number of allylic oxidation sites excluding steroid dienone is 1. The van der Waals surface area contributed by atoms with Crippen molar-refractivity contribution in [3.05, 3.63) is 23.9 Å². The highest BCUT2D eigenvalue weighted by molar-refractivity contribution is 5.19. The Bertz CT molecular complexity index is 181. The third kappa shape index (κ3) is 0.650. The van der Waals surface area contributed by atoms with Gasteiger partial charge in [0.05, 0.1) is 6.26 Å². The van der Waals surface area contributed by atoms with Crippen LogP contribution in [-0.2, 0) is 14.2 Å². The lowest BCUT2D eigenvalue weighted by molar-refractivity contribution is 0.0662. The average molecular weight is 126 g/mol. The molecule has 48 valence electrons. The van der Waals surface area contributed by atoms with E-state index in [4.69, 9.17) is 14.2 Å². The molecular formula is C6H6O3. The van der Waals surface area contributed by atoms with Crippen LogP contribution < -0.4 is 0 Å². The molecule has 3 heteroatoms. The first-order chi connectivity index (χ1) is 4.47. The molecular weight excluding hydrogens is 120 g/mol. The summed E-state index contributed by atoms with van der Waals surface area (Å²) in [6, 6.07) is 0. The van der Waals surface area contributed by atoms with E-state index < -0.39 is 0 Å². The molecule has 9 heavy (non-hydrogen) atoms. The molecule has 0 amide bonds. The van der Waals surface area contributed by atoms with Crippen molar-refractivity contribution >= 4 is 0 Å². The molecule has 2 heterocycles. The molecule has 0 aliphatic carbocycles. The predicted molar refractivity (Wildman–Crippen MR) is 29.2 cm³/mol. The van der Waals surface area contributed by atoms with Gasteiger partial charge in [0.25, 0.3) is 0 Å². The Balaban J connectivity index is 2.28. The highest BCUT2D eigenvalue weighted by atomic mass is 16.7. The Morgan fingerprint density at radius 2 is 2.33 bits per heavy atom. The van der Waals surface area contributed by atoms with E-state index in [0.717, 1.165) is 11.5 Å². The molecule has 0 spiro atoms. The summed E-state index contributed by atoms with van der Waals surface area (Å²) in [4.78, 5) is 0. The van der Waals surface area contributed by atoms with Crippen molar-refractivity contribution in [2.45, 2.75) is 0 Å². The van der Waals surface area contributed by atoms with Crippen molar-refractivity contribution in [1.29, 1.82) is 0 Å². The summed E-state index contributed by atoms with van der Waals surface area (Å²) >= 11 is 0. The maximum absolute atomic E-state index is 5.05. The quantitative estimate of drug-likeness (QED) is 0.479. The molecule has 3 nitrogen and oxygen atoms in total. The average Bonchev–Trinajstić information content (AvgIpc) is 2.33. The first-order valence-corrected chi connectivity index (χ1v) is 2.74. The Morgan fingerprint density at radius 3 is 3.22 bits per heavy atom. The standard InChI is InChI=1S/C6H6O3/c1-2-7-3-6-5(1)8-4-9-6/h1-2H,3-4H2. The molecule has 2 aliphatic rings. The monoisotopic (exact) mass is 126 g/mol. The summed E-state index contributed by atoms with van der Waals surface area (Å²) in [5, 5.41) is 0. The van der Waals surface area contributed by atoms with E-state index in [1.807, 2.05) is 0 Å². The Morgan fingerprint density at radius 1 is 1.33 bits per heavy atom. The summed E-state index contributed by atoms with van der Waals surface area (Å²) in [5.41, 5.74) is 0. The summed E-state index contributed by atoms with van der Waals surface area (Å²) < 4.78 is 15.0. The second-order valence-electron chi connectivity index (χ2n) is 1.81. The van der Waals surface area contributed by atoms with Crippen LogP contribution in [0.3, 0.4) is 0 Å². The van der Waals surface area contributed by atoms with Gasteiger partial charge >= 0.3 is 0 Å². The second kappa shape index (κ2) is 1.69. The van der Waals surface area contributed by atoms with Crippen molar-refractivity contribution in [2.75, 3.05) is 13.4 Å². The molecule has 0 saturated carbocycles. The minimum atomic E-state index is 0.332. The Kier molecular flexibility index (Phi) is 0.886. The van der Waals surface area contributed by atoms with Gasteiger partial charge in [-0.15, -0.1) is 0 Å². The van der Waals surface area contributed by atoms with E-state index in [0.29, 0.717) is 13.4 Å². The van der Waals surface area contributed by atoms with Gasteiger partial charge in [0.2, 0.25) is 6.79 Å². The fourth-order valence-corrected chi connectivity index (χ4v) is 0.803. The van der Waals surface area contributed by atoms with Crippen LogP contribution in [0.2, 0.25) is 0 Å². The maximum Gasteiger partial charge on any atom is 0.230 e. The topological polar surface area (TPSA) is 27.7 Å². The van der Waals surface area contributed by atoms with E-state index in [9.17, 15) is 0 Å². The molecule has 0 unspecified atom stereocenters. The fraction of sp³-hybridized carbons (Fsp3) is 0.333. The van der Waals surface area contributed by atoms with Gasteiger partial charge in [0.1, 0.15) is 6.61 Å². The van der Waals surface area contributed by atoms with Crippen LogP contribution in [0, 0.1) is 0 Å². The number of hydrogen-bond acceptors (Lipinski definition) is 3. The molecule has 2 rings (SSSR count). The van der Waals surface area contributed by atoms with E-state index in [1.54, 1.807) is 12.3 Å². The van der Waals surface area contributed by atoms with Crippen LogP contribution >= 0.6 is 0 Å². The third-order valence-electron chi connectivity index (χ3n) is 1.25. The van der Waals surface area contributed by atoms with Gasteiger partial charge in [-0.1, -0.05) is 0 Å². The molecule has 0 atom stereocenters. The molecule has 0 bridgehead atoms. The predicted octanol–water partition coefficient (Wildman–Crippen LogP) is 0.746. The van der Waals surface area contributed by atoms with E-state index >= 15 is 0 Å². The zero-order chi connectivity index (χ0) is 6.10. The zero-order valence-electron chi connectivity index (χ0n) is 4.79. The molecule has 0 fully saturated rings. The summed E-state index contributed by atoms with van der Waals surface area (Å²) in [6.45, 7) is 0.838. The van der Waals surface area contributed by atoms with Crippen molar-refractivity contribution in [3.8, 4) is 0 Å². The normalized spacial score (nSPS) is 22.2. The number of hydrogen-bond donors (Lipinski definition) is 0. The van der Waals surface area contributed by atoms with Crippen LogP contribution in [0.5, 0.6) is 0 Å². The smallest absolute Gasteiger partial charge is 0.230 e. The Labute approximate surface area is 52.5 Å². The lowest BCUT2D eigenvalue weighted by Gasteiger charge is -2.04. The van der Waals surface area contributed by atoms with Gasteiger partial charge in [-0.05, 0) is 0 Å². The lowest BCUT2D eigenvalue weighted by Crippen LogP contribution is -1.98. The van der Waals surface area contributed by atoms with E-state index in [2.05, 4.69) is 0 Å². The van der Waals surface area contributed by atoms with Gasteiger partial charge in [-0.3, -0.25) is 0 Å². The molecule has 0 radical (unpaired) electrons. The van der Waals surface area contributed by atoms with Gasteiger partial charge in [-0.25, -0.2) is 0 Å². The first kappa shape index (κ1) is 4.73. The second-order valence-corrected chi connectivity index (χ2v) is 1.81. The molecule has 0 aromatic rings. The van der Waals surface area contributed by atoms with Crippen molar-refractivity contribution < 1.29 is 14.2 Å². The molecule has 0 aromatic heterocycles. The number of rotatable bonds is 0. The van der Waals surface area contributed by atoms with Crippen molar-refractivity contribution in [3.63, 3.8) is 0 Å². The summed E-state index contributed by atoms with van der Waals surface area (Å²) in [7, 11) is 0. The highest BCUT2D eigenvalue weighted by Crippen LogP contribution is 2.20. The van der Waals surface area contributed by atoms with Gasteiger partial charge in [-0.2, -0.15) is 0 Å². The van der Waals surface area contributed by atoms with Crippen LogP contribution in [0.1, 0.15) is 0 Å². The Hall–Kier alpha value is -1.12. The van der Waals surface area contributed by atoms with Gasteiger partial charge < -0.3 is 14.2 Å². The SMILES string of the molecule is C1=CC2=C(CO1)OCO2. The molecule has 0 N–H and O–H groups in total. The van der Waals surface area contributed by atoms with Gasteiger partial charge in [0.15, 0.2) is 11.5 Å². The molecule has 0 aromatic carbocycles. The largest absolute Gasteiger partial charge is 0.493 e. The van der Waals surface area contributed by atoms with Crippen LogP contribution in [0.15, 0.2) is 23.9 Å². The minimum absolute atomic E-state index is 0.332. The van der Waals surface area contributed by atoms with Gasteiger partial charge in [0, 0.05) is 6.08 Å². The van der Waals surface area contributed by atoms with E-state index in [-0.39, 0.29) is 0 Å². The van der Waals surface area contributed by atoms with Crippen LogP contribution in [-0.4, -0.2) is 13.4 Å².